The molecule has 0 aliphatic carbocycles. The number of amidine groups is 1. The first-order valence-corrected chi connectivity index (χ1v) is 13.0. The van der Waals surface area contributed by atoms with E-state index in [0.29, 0.717) is 12.0 Å². The third-order valence-corrected chi connectivity index (χ3v) is 7.21. The van der Waals surface area contributed by atoms with Crippen molar-refractivity contribution in [2.24, 2.45) is 5.73 Å². The second-order valence-corrected chi connectivity index (χ2v) is 10.3. The van der Waals surface area contributed by atoms with Crippen LogP contribution in [-0.2, 0) is 29.2 Å². The summed E-state index contributed by atoms with van der Waals surface area (Å²) in [6.07, 6.45) is -5.13. The van der Waals surface area contributed by atoms with Gasteiger partial charge in [0.05, 0.1) is 18.6 Å². The second-order valence-electron chi connectivity index (χ2n) is 8.66. The largest absolute Gasteiger partial charge is 0.490 e. The van der Waals surface area contributed by atoms with E-state index < -0.39 is 52.7 Å². The molecular formula is C22H27F3N6O9S. The van der Waals surface area contributed by atoms with Crippen molar-refractivity contribution in [1.29, 1.82) is 5.41 Å². The van der Waals surface area contributed by atoms with Crippen molar-refractivity contribution >= 4 is 33.7 Å². The number of carboxylic acids is 2. The molecule has 0 spiro atoms. The molecule has 1 unspecified atom stereocenters. The summed E-state index contributed by atoms with van der Waals surface area (Å²) in [6, 6.07) is 5.28. The van der Waals surface area contributed by atoms with Gasteiger partial charge in [-0.3, -0.25) is 19.8 Å². The highest BCUT2D eigenvalue weighted by molar-refractivity contribution is 7.89. The molecule has 1 aromatic heterocycles. The van der Waals surface area contributed by atoms with Gasteiger partial charge < -0.3 is 25.8 Å². The maximum Gasteiger partial charge on any atom is 0.490 e. The van der Waals surface area contributed by atoms with E-state index in [0.717, 1.165) is 5.56 Å². The summed E-state index contributed by atoms with van der Waals surface area (Å²) in [4.78, 5) is 38.0. The number of aryl methyl sites for hydroxylation is 2. The van der Waals surface area contributed by atoms with E-state index in [1.807, 2.05) is 12.1 Å². The number of hydrogen-bond donors (Lipinski definition) is 7. The molecule has 3 rings (SSSR count). The number of carboxylic acid groups (broad SMARTS) is 2. The fraction of sp³-hybridized carbons (Fsp3) is 0.409. The molecule has 1 fully saturated rings. The third-order valence-electron chi connectivity index (χ3n) is 5.49. The summed E-state index contributed by atoms with van der Waals surface area (Å²) >= 11 is 0. The molecule has 226 valence electrons. The van der Waals surface area contributed by atoms with Gasteiger partial charge in [-0.15, -0.1) is 0 Å². The smallest absolute Gasteiger partial charge is 0.480 e. The summed E-state index contributed by atoms with van der Waals surface area (Å²) in [5.41, 5.74) is 9.89. The minimum absolute atomic E-state index is 0.0227. The van der Waals surface area contributed by atoms with Gasteiger partial charge in [0.15, 0.2) is 5.76 Å². The minimum Gasteiger partial charge on any atom is -0.480 e. The summed E-state index contributed by atoms with van der Waals surface area (Å²) in [7, 11) is -4.23. The van der Waals surface area contributed by atoms with Gasteiger partial charge in [0.25, 0.3) is 0 Å². The number of aromatic nitrogens is 1. The summed E-state index contributed by atoms with van der Waals surface area (Å²) in [5.74, 6) is -4.72. The van der Waals surface area contributed by atoms with Crippen LogP contribution < -0.4 is 21.3 Å². The number of benzene rings is 1. The summed E-state index contributed by atoms with van der Waals surface area (Å²) in [5, 5.41) is 30.0. The standard InChI is InChI=1S/C20H26N6O7S.C2HF3O2/c1-10-18(11(2)32-24-10)34(30,31)26-16(20(28)29)9-23-17(27)8-14-7-15(25-33-14)12-3-5-13(6-4-12)19(21)22;3-2(4,5)1(6)7/h3-6,14-16,25-26H,7-9H2,1-2H3,(H3,21,22)(H,23,27)(H,28,29);(H,6,7)/t14-,15?,16+;/m1./s1. The van der Waals surface area contributed by atoms with Gasteiger partial charge in [-0.2, -0.15) is 23.4 Å². The molecule has 1 aromatic carbocycles. The quantitative estimate of drug-likeness (QED) is 0.144. The molecule has 0 radical (unpaired) electrons. The molecule has 3 atom stereocenters. The topological polar surface area (TPSA) is 247 Å². The van der Waals surface area contributed by atoms with E-state index in [1.54, 1.807) is 12.1 Å². The maximum absolute atomic E-state index is 12.6. The van der Waals surface area contributed by atoms with Crippen molar-refractivity contribution in [3.8, 4) is 0 Å². The van der Waals surface area contributed by atoms with E-state index >= 15 is 0 Å². The summed E-state index contributed by atoms with van der Waals surface area (Å²) < 4.78 is 63.8. The highest BCUT2D eigenvalue weighted by atomic mass is 32.2. The number of carbonyl (C=O) groups is 3. The van der Waals surface area contributed by atoms with Crippen LogP contribution in [0.1, 0.15) is 41.5 Å². The molecular weight excluding hydrogens is 581 g/mol. The highest BCUT2D eigenvalue weighted by Crippen LogP contribution is 2.27. The van der Waals surface area contributed by atoms with Crippen LogP contribution in [0.25, 0.3) is 0 Å². The Morgan fingerprint density at radius 2 is 1.80 bits per heavy atom. The molecule has 1 saturated heterocycles. The lowest BCUT2D eigenvalue weighted by Crippen LogP contribution is -2.48. The lowest BCUT2D eigenvalue weighted by atomic mass is 9.99. The number of nitrogens with one attached hydrogen (secondary N) is 4. The lowest BCUT2D eigenvalue weighted by Gasteiger charge is -2.16. The third kappa shape index (κ3) is 9.52. The van der Waals surface area contributed by atoms with Crippen LogP contribution in [0, 0.1) is 19.3 Å². The predicted octanol–water partition coefficient (Wildman–Crippen LogP) is 0.481. The highest BCUT2D eigenvalue weighted by Gasteiger charge is 2.38. The van der Waals surface area contributed by atoms with Crippen molar-refractivity contribution in [1.82, 2.24) is 20.7 Å². The molecule has 0 bridgehead atoms. The van der Waals surface area contributed by atoms with Gasteiger partial charge in [-0.25, -0.2) is 13.2 Å². The van der Waals surface area contributed by atoms with Crippen molar-refractivity contribution < 1.29 is 55.5 Å². The average Bonchev–Trinajstić information content (AvgIpc) is 3.47. The Morgan fingerprint density at radius 1 is 1.22 bits per heavy atom. The number of alkyl halides is 3. The van der Waals surface area contributed by atoms with E-state index in [2.05, 4.69) is 20.7 Å². The second kappa shape index (κ2) is 13.5. The van der Waals surface area contributed by atoms with Crippen LogP contribution in [-0.4, -0.2) is 72.3 Å². The Kier molecular flexibility index (Phi) is 10.9. The van der Waals surface area contributed by atoms with E-state index in [-0.39, 0.29) is 34.6 Å². The van der Waals surface area contributed by atoms with E-state index in [9.17, 15) is 36.3 Å². The van der Waals surface area contributed by atoms with Gasteiger partial charge in [0.2, 0.25) is 15.9 Å². The zero-order valence-electron chi connectivity index (χ0n) is 21.5. The number of nitrogens with zero attached hydrogens (tertiary/aromatic N) is 1. The normalized spacial score (nSPS) is 17.7. The van der Waals surface area contributed by atoms with Gasteiger partial charge in [-0.05, 0) is 25.8 Å². The first-order chi connectivity index (χ1) is 18.9. The summed E-state index contributed by atoms with van der Waals surface area (Å²) in [6.45, 7) is 2.35. The van der Waals surface area contributed by atoms with Crippen molar-refractivity contribution in [3.05, 3.63) is 46.8 Å². The Balaban J connectivity index is 0.000000745. The fourth-order valence-corrected chi connectivity index (χ4v) is 5.06. The molecule has 15 nitrogen and oxygen atoms in total. The first-order valence-electron chi connectivity index (χ1n) is 11.5. The van der Waals surface area contributed by atoms with Gasteiger partial charge >= 0.3 is 18.1 Å². The average molecular weight is 609 g/mol. The number of carbonyl (C=O) groups excluding carboxylic acids is 1. The predicted molar refractivity (Wildman–Crippen MR) is 132 cm³/mol. The van der Waals surface area contributed by atoms with Crippen LogP contribution in [0.5, 0.6) is 0 Å². The molecule has 0 saturated carbocycles. The molecule has 8 N–H and O–H groups in total. The Labute approximate surface area is 230 Å². The number of halogens is 3. The molecule has 2 aromatic rings. The number of hydrogen-bond acceptors (Lipinski definition) is 10. The number of aliphatic carboxylic acids is 2. The number of amides is 1. The van der Waals surface area contributed by atoms with E-state index in [1.165, 1.54) is 13.8 Å². The first kappa shape index (κ1) is 33.1. The molecule has 1 aliphatic rings. The van der Waals surface area contributed by atoms with Crippen LogP contribution in [0.2, 0.25) is 0 Å². The zero-order chi connectivity index (χ0) is 31.1. The number of nitrogen functional groups attached to an aromatic ring is 1. The number of rotatable bonds is 10. The zero-order valence-corrected chi connectivity index (χ0v) is 22.3. The SMILES string of the molecule is Cc1noc(C)c1S(=O)(=O)N[C@@H](CNC(=O)C[C@H]1CC(c2ccc(C(=N)N)cc2)NO1)C(=O)O.O=C(O)C(F)(F)F. The maximum atomic E-state index is 12.6. The molecule has 2 heterocycles. The Morgan fingerprint density at radius 3 is 2.27 bits per heavy atom. The molecule has 19 heteroatoms. The monoisotopic (exact) mass is 608 g/mol. The van der Waals surface area contributed by atoms with Crippen LogP contribution in [0.4, 0.5) is 13.2 Å². The molecule has 1 aliphatic heterocycles. The van der Waals surface area contributed by atoms with Crippen molar-refractivity contribution in [2.75, 3.05) is 6.54 Å². The van der Waals surface area contributed by atoms with E-state index in [4.69, 9.17) is 30.4 Å². The molecule has 41 heavy (non-hydrogen) atoms. The van der Waals surface area contributed by atoms with Gasteiger partial charge in [0.1, 0.15) is 22.5 Å². The lowest BCUT2D eigenvalue weighted by molar-refractivity contribution is -0.192. The minimum atomic E-state index is -5.08. The van der Waals surface area contributed by atoms with Crippen molar-refractivity contribution in [3.63, 3.8) is 0 Å². The Hall–Kier alpha value is -4.07. The molecule has 1 amide bonds. The Bertz CT molecular complexity index is 1360. The van der Waals surface area contributed by atoms with Crippen LogP contribution >= 0.6 is 0 Å². The van der Waals surface area contributed by atoms with Crippen LogP contribution in [0.15, 0.2) is 33.7 Å². The number of sulfonamides is 1. The fourth-order valence-electron chi connectivity index (χ4n) is 3.54. The van der Waals surface area contributed by atoms with Gasteiger partial charge in [-0.1, -0.05) is 29.4 Å². The number of nitrogens with two attached hydrogens (primary N) is 1. The van der Waals surface area contributed by atoms with Crippen molar-refractivity contribution in [2.45, 2.75) is 55.9 Å². The van der Waals surface area contributed by atoms with Crippen LogP contribution in [0.3, 0.4) is 0 Å². The number of hydroxylamine groups is 1. The van der Waals surface area contributed by atoms with Gasteiger partial charge in [0, 0.05) is 12.1 Å².